The predicted octanol–water partition coefficient (Wildman–Crippen LogP) is 0.847. The molecule has 0 bridgehead atoms. The molecule has 0 spiro atoms. The maximum Gasteiger partial charge on any atom is 0.101 e. The van der Waals surface area contributed by atoms with E-state index < -0.39 is 0 Å². The molecule has 128 valence electrons. The van der Waals surface area contributed by atoms with Gasteiger partial charge in [0, 0.05) is 0 Å². The van der Waals surface area contributed by atoms with Gasteiger partial charge in [0.2, 0.25) is 0 Å². The molecule has 20 heavy (non-hydrogen) atoms. The van der Waals surface area contributed by atoms with Gasteiger partial charge in [-0.15, -0.1) is 13.2 Å². The molecule has 0 amide bonds. The van der Waals surface area contributed by atoms with Gasteiger partial charge in [-0.3, -0.25) is 0 Å². The van der Waals surface area contributed by atoms with Crippen LogP contribution in [0.4, 0.5) is 0 Å². The first-order valence-electron chi connectivity index (χ1n) is 6.76. The molecule has 0 rings (SSSR count). The number of rotatable bonds is 2. The highest BCUT2D eigenvalue weighted by atomic mass is 16.3. The fourth-order valence-electron chi connectivity index (χ4n) is 0.300. The molecule has 0 saturated heterocycles. The summed E-state index contributed by atoms with van der Waals surface area (Å²) in [5, 5.41) is 28.3. The predicted molar refractivity (Wildman–Crippen MR) is 84.6 cm³/mol. The molecule has 0 aromatic rings. The number of nitrogens with zero attached hydrogens (tertiary/aromatic N) is 1. The maximum absolute atomic E-state index is 9.95. The molecule has 5 heteroatoms. The van der Waals surface area contributed by atoms with Crippen molar-refractivity contribution < 1.29 is 19.8 Å². The average Bonchev–Trinajstić information content (AvgIpc) is 2.15. The van der Waals surface area contributed by atoms with Gasteiger partial charge in [0.25, 0.3) is 0 Å². The number of aliphatic hydroxyl groups is 1. The quantitative estimate of drug-likeness (QED) is 0.738. The van der Waals surface area contributed by atoms with Crippen LogP contribution in [0.5, 0.6) is 0 Å². The van der Waals surface area contributed by atoms with Crippen LogP contribution in [-0.4, -0.2) is 57.1 Å². The molecule has 0 aromatic heterocycles. The van der Waals surface area contributed by atoms with E-state index in [4.69, 9.17) is 5.11 Å². The molecule has 0 fully saturated rings. The molecule has 0 radical (unpaired) electrons. The van der Waals surface area contributed by atoms with Gasteiger partial charge in [0.1, 0.15) is 6.54 Å². The Morgan fingerprint density at radius 2 is 1.00 bits per heavy atom. The van der Waals surface area contributed by atoms with Gasteiger partial charge in [-0.2, -0.15) is 0 Å². The molecule has 0 atom stereocenters. The van der Waals surface area contributed by atoms with Crippen molar-refractivity contribution in [2.24, 2.45) is 10.8 Å². The summed E-state index contributed by atoms with van der Waals surface area (Å²) in [4.78, 5) is 0. The van der Waals surface area contributed by atoms with Crippen LogP contribution in [0.15, 0.2) is 0 Å². The van der Waals surface area contributed by atoms with Gasteiger partial charge in [0.05, 0.1) is 27.7 Å². The fraction of sp³-hybridized carbons (Fsp3) is 1.00. The largest absolute Gasteiger partial charge is 0.854 e. The minimum atomic E-state index is -0.0139. The minimum absolute atomic E-state index is 0. The summed E-state index contributed by atoms with van der Waals surface area (Å²) < 4.78 is 0.844. The smallest absolute Gasteiger partial charge is 0.101 e. The first kappa shape index (κ1) is 28.0. The molecule has 5 nitrogen and oxygen atoms in total. The summed E-state index contributed by atoms with van der Waals surface area (Å²) >= 11 is 0. The van der Waals surface area contributed by atoms with E-state index >= 15 is 0 Å². The molecule has 0 aliphatic rings. The second-order valence-electron chi connectivity index (χ2n) is 8.15. The van der Waals surface area contributed by atoms with Gasteiger partial charge >= 0.3 is 0 Å². The van der Waals surface area contributed by atoms with Crippen LogP contribution in [0.3, 0.4) is 0 Å². The summed E-state index contributed by atoms with van der Waals surface area (Å²) in [5.74, 6) is 0. The van der Waals surface area contributed by atoms with E-state index in [9.17, 15) is 10.2 Å². The Hall–Kier alpha value is -0.200. The lowest BCUT2D eigenvalue weighted by Crippen LogP contribution is -2.36. The lowest BCUT2D eigenvalue weighted by atomic mass is 9.99. The lowest BCUT2D eigenvalue weighted by molar-refractivity contribution is -0.870. The standard InChI is InChI=1S/C5H14NO.2C5H11O.H3N/c1-6(2,3)4-5-7;2*1-5(2,3)4-6;/h7H,4-5H2,1-3H3;2*4H2,1-3H3;1H3/q+1;2*-1;/p+1. The summed E-state index contributed by atoms with van der Waals surface area (Å²) in [6, 6.07) is 0. The van der Waals surface area contributed by atoms with Crippen molar-refractivity contribution in [1.82, 2.24) is 6.15 Å². The number of hydrogen-bond acceptors (Lipinski definition) is 3. The van der Waals surface area contributed by atoms with Crippen LogP contribution in [0.1, 0.15) is 41.5 Å². The molecular weight excluding hydrogens is 256 g/mol. The van der Waals surface area contributed by atoms with Crippen LogP contribution in [0, 0.1) is 10.8 Å². The number of aliphatic hydroxyl groups excluding tert-OH is 1. The topological polar surface area (TPSA) is 103 Å². The summed E-state index contributed by atoms with van der Waals surface area (Å²) in [5.41, 5.74) is -0.0278. The first-order chi connectivity index (χ1) is 8.18. The third-order valence-corrected chi connectivity index (χ3v) is 1.64. The molecular formula is C15H40N2O3. The van der Waals surface area contributed by atoms with Crippen LogP contribution in [-0.2, 0) is 0 Å². The van der Waals surface area contributed by atoms with Crippen molar-refractivity contribution in [1.29, 1.82) is 0 Å². The van der Waals surface area contributed by atoms with Crippen molar-refractivity contribution in [2.75, 3.05) is 47.5 Å². The number of quaternary nitrogens is 2. The molecule has 5 N–H and O–H groups in total. The molecule has 0 saturated carbocycles. The maximum atomic E-state index is 9.95. The van der Waals surface area contributed by atoms with E-state index in [1.807, 2.05) is 41.5 Å². The summed E-state index contributed by atoms with van der Waals surface area (Å²) in [7, 11) is 6.16. The highest BCUT2D eigenvalue weighted by Crippen LogP contribution is 2.08. The third-order valence-electron chi connectivity index (χ3n) is 1.64. The van der Waals surface area contributed by atoms with Crippen LogP contribution >= 0.6 is 0 Å². The van der Waals surface area contributed by atoms with Crippen LogP contribution in [0.25, 0.3) is 0 Å². The van der Waals surface area contributed by atoms with Crippen molar-refractivity contribution in [3.8, 4) is 0 Å². The Labute approximate surface area is 126 Å². The Bertz CT molecular complexity index is 175. The summed E-state index contributed by atoms with van der Waals surface area (Å²) in [6.07, 6.45) is 0. The van der Waals surface area contributed by atoms with Crippen molar-refractivity contribution in [2.45, 2.75) is 41.5 Å². The Morgan fingerprint density at radius 3 is 1.00 bits per heavy atom. The first-order valence-corrected chi connectivity index (χ1v) is 6.76. The van der Waals surface area contributed by atoms with E-state index in [2.05, 4.69) is 21.1 Å². The van der Waals surface area contributed by atoms with Gasteiger partial charge in [-0.1, -0.05) is 52.4 Å². The fourth-order valence-corrected chi connectivity index (χ4v) is 0.300. The highest BCUT2D eigenvalue weighted by Gasteiger charge is 2.02. The number of likely N-dealkylation sites (N-methyl/N-ethyl adjacent to an activating group) is 1. The zero-order chi connectivity index (χ0) is 16.3. The molecule has 0 unspecified atom stereocenters. The zero-order valence-electron chi connectivity index (χ0n) is 15.5. The van der Waals surface area contributed by atoms with Gasteiger partial charge in [-0.05, 0) is 0 Å². The van der Waals surface area contributed by atoms with E-state index in [0.717, 1.165) is 11.0 Å². The summed E-state index contributed by atoms with van der Waals surface area (Å²) in [6.45, 7) is 12.7. The highest BCUT2D eigenvalue weighted by molar-refractivity contribution is 4.55. The van der Waals surface area contributed by atoms with E-state index in [1.54, 1.807) is 0 Å². The average molecular weight is 296 g/mol. The Kier molecular flexibility index (Phi) is 17.6. The van der Waals surface area contributed by atoms with Gasteiger partial charge in [-0.25, -0.2) is 0 Å². The van der Waals surface area contributed by atoms with E-state index in [1.165, 1.54) is 0 Å². The van der Waals surface area contributed by atoms with Crippen molar-refractivity contribution in [3.63, 3.8) is 0 Å². The second-order valence-corrected chi connectivity index (χ2v) is 8.15. The van der Waals surface area contributed by atoms with Crippen molar-refractivity contribution in [3.05, 3.63) is 0 Å². The molecule has 0 heterocycles. The van der Waals surface area contributed by atoms with Crippen LogP contribution in [0.2, 0.25) is 0 Å². The minimum Gasteiger partial charge on any atom is -0.854 e. The van der Waals surface area contributed by atoms with E-state index in [0.29, 0.717) is 0 Å². The monoisotopic (exact) mass is 296 g/mol. The Balaban J connectivity index is -0.0000000941. The Morgan fingerprint density at radius 1 is 0.800 bits per heavy atom. The molecule has 0 aromatic carbocycles. The van der Waals surface area contributed by atoms with Crippen molar-refractivity contribution >= 4 is 0 Å². The molecule has 0 aliphatic carbocycles. The normalized spacial score (nSPS) is 11.4. The van der Waals surface area contributed by atoms with Gasteiger partial charge < -0.3 is 26.0 Å². The van der Waals surface area contributed by atoms with Gasteiger partial charge in [0.15, 0.2) is 0 Å². The molecule has 0 aliphatic heterocycles. The number of hydrogen-bond donors (Lipinski definition) is 2. The SMILES string of the molecule is CC(C)(C)C[O-].CC(C)(C)C[O-].C[N+](C)(C)CCO.[NH4+]. The van der Waals surface area contributed by atoms with Crippen LogP contribution < -0.4 is 16.4 Å². The zero-order valence-corrected chi connectivity index (χ0v) is 15.5. The van der Waals surface area contributed by atoms with E-state index in [-0.39, 0.29) is 36.8 Å². The third kappa shape index (κ3) is 52.3. The second kappa shape index (κ2) is 12.5. The lowest BCUT2D eigenvalue weighted by Gasteiger charge is -2.21.